The molecule has 0 aliphatic heterocycles. The van der Waals surface area contributed by atoms with Crippen molar-refractivity contribution in [3.05, 3.63) is 95.6 Å². The van der Waals surface area contributed by atoms with E-state index in [1.165, 1.54) is 24.3 Å². The van der Waals surface area contributed by atoms with Crippen LogP contribution in [0.15, 0.2) is 83.8 Å². The van der Waals surface area contributed by atoms with E-state index in [9.17, 15) is 27.9 Å². The Bertz CT molecular complexity index is 1350. The van der Waals surface area contributed by atoms with Crippen molar-refractivity contribution < 1.29 is 37.8 Å². The number of benzene rings is 3. The number of hydrogen-bond donors (Lipinski definition) is 4. The topological polar surface area (TPSA) is 159 Å². The Balaban J connectivity index is 1.64. The van der Waals surface area contributed by atoms with Gasteiger partial charge in [-0.05, 0) is 41.8 Å². The molecule has 3 aromatic rings. The van der Waals surface area contributed by atoms with Gasteiger partial charge in [0.25, 0.3) is 0 Å². The zero-order valence-corrected chi connectivity index (χ0v) is 20.5. The molecule has 194 valence electrons. The Hall–Kier alpha value is -4.22. The number of ether oxygens (including phenoxy) is 1. The van der Waals surface area contributed by atoms with Crippen molar-refractivity contribution in [2.45, 2.75) is 23.8 Å². The largest absolute Gasteiger partial charge is 0.481 e. The Morgan fingerprint density at radius 2 is 1.54 bits per heavy atom. The van der Waals surface area contributed by atoms with Crippen LogP contribution in [0.2, 0.25) is 0 Å². The van der Waals surface area contributed by atoms with Crippen LogP contribution in [-0.4, -0.2) is 49.6 Å². The molecule has 0 aliphatic carbocycles. The Morgan fingerprint density at radius 3 is 2.16 bits per heavy atom. The highest BCUT2D eigenvalue weighted by atomic mass is 32.2. The van der Waals surface area contributed by atoms with E-state index in [4.69, 9.17) is 9.84 Å². The van der Waals surface area contributed by atoms with E-state index in [0.717, 1.165) is 0 Å². The second-order valence-corrected chi connectivity index (χ2v) is 9.73. The number of carbonyl (C=O) groups is 3. The lowest BCUT2D eigenvalue weighted by Gasteiger charge is -2.20. The average Bonchev–Trinajstić information content (AvgIpc) is 2.89. The molecular weight excluding hydrogens is 500 g/mol. The number of hydrogen-bond acceptors (Lipinski definition) is 6. The van der Waals surface area contributed by atoms with Crippen molar-refractivity contribution in [2.75, 3.05) is 13.2 Å². The average molecular weight is 527 g/mol. The molecule has 3 rings (SSSR count). The Morgan fingerprint density at radius 1 is 0.892 bits per heavy atom. The van der Waals surface area contributed by atoms with Crippen LogP contribution in [0.1, 0.15) is 33.9 Å². The van der Waals surface area contributed by atoms with Crippen molar-refractivity contribution in [1.29, 1.82) is 0 Å². The third-order valence-electron chi connectivity index (χ3n) is 5.32. The van der Waals surface area contributed by atoms with Gasteiger partial charge in [-0.1, -0.05) is 54.6 Å². The molecular formula is C26H26N2O8S. The molecule has 37 heavy (non-hydrogen) atoms. The van der Waals surface area contributed by atoms with Crippen LogP contribution < -0.4 is 14.8 Å². The van der Waals surface area contributed by atoms with Crippen LogP contribution in [0, 0.1) is 0 Å². The van der Waals surface area contributed by atoms with Crippen molar-refractivity contribution >= 4 is 27.9 Å². The van der Waals surface area contributed by atoms with Crippen LogP contribution >= 0.6 is 0 Å². The van der Waals surface area contributed by atoms with Crippen LogP contribution in [0.25, 0.3) is 0 Å². The fraction of sp³-hybridized carbons (Fsp3) is 0.192. The molecule has 10 nitrogen and oxygen atoms in total. The number of sulfonamides is 1. The fourth-order valence-corrected chi connectivity index (χ4v) is 4.74. The molecule has 0 unspecified atom stereocenters. The molecule has 0 spiro atoms. The molecule has 0 aliphatic rings. The highest BCUT2D eigenvalue weighted by molar-refractivity contribution is 7.89. The quantitative estimate of drug-likeness (QED) is 0.264. The fourth-order valence-electron chi connectivity index (χ4n) is 3.50. The SMILES string of the molecule is O=C(O)COc1ccc(CCC(=O)NC[C@@H](NS(=O)(=O)c2ccccc2)c2ccccc2)cc1C(=O)O. The van der Waals surface area contributed by atoms with E-state index >= 15 is 0 Å². The summed E-state index contributed by atoms with van der Waals surface area (Å²) < 4.78 is 33.4. The Kier molecular flexibility index (Phi) is 9.36. The number of carboxylic acid groups (broad SMARTS) is 2. The second-order valence-electron chi connectivity index (χ2n) is 8.02. The van der Waals surface area contributed by atoms with Crippen LogP contribution in [0.5, 0.6) is 5.75 Å². The number of carbonyl (C=O) groups excluding carboxylic acids is 1. The first-order valence-electron chi connectivity index (χ1n) is 11.3. The van der Waals surface area contributed by atoms with Gasteiger partial charge in [0.05, 0.1) is 10.9 Å². The van der Waals surface area contributed by atoms with Gasteiger partial charge in [0, 0.05) is 13.0 Å². The molecule has 0 saturated carbocycles. The molecule has 0 bridgehead atoms. The molecule has 3 aromatic carbocycles. The molecule has 1 amide bonds. The minimum atomic E-state index is -3.84. The summed E-state index contributed by atoms with van der Waals surface area (Å²) in [6.07, 6.45) is 0.221. The summed E-state index contributed by atoms with van der Waals surface area (Å²) >= 11 is 0. The molecule has 0 radical (unpaired) electrons. The van der Waals surface area contributed by atoms with E-state index in [0.29, 0.717) is 11.1 Å². The third kappa shape index (κ3) is 8.16. The van der Waals surface area contributed by atoms with Gasteiger partial charge < -0.3 is 20.3 Å². The number of aromatic carboxylic acids is 1. The Labute approximate surface area is 214 Å². The summed E-state index contributed by atoms with van der Waals surface area (Å²) in [5.74, 6) is -2.97. The lowest BCUT2D eigenvalue weighted by atomic mass is 10.0. The normalized spacial score (nSPS) is 11.9. The maximum Gasteiger partial charge on any atom is 0.341 e. The van der Waals surface area contributed by atoms with Crippen molar-refractivity contribution in [3.8, 4) is 5.75 Å². The van der Waals surface area contributed by atoms with E-state index in [2.05, 4.69) is 10.0 Å². The van der Waals surface area contributed by atoms with Gasteiger partial charge in [-0.2, -0.15) is 0 Å². The van der Waals surface area contributed by atoms with E-state index in [1.807, 2.05) is 0 Å². The molecule has 0 aromatic heterocycles. The van der Waals surface area contributed by atoms with Gasteiger partial charge in [-0.3, -0.25) is 4.79 Å². The van der Waals surface area contributed by atoms with E-state index in [-0.39, 0.29) is 41.5 Å². The molecule has 11 heteroatoms. The van der Waals surface area contributed by atoms with Gasteiger partial charge >= 0.3 is 11.9 Å². The second kappa shape index (κ2) is 12.7. The van der Waals surface area contributed by atoms with Gasteiger partial charge in [0.2, 0.25) is 15.9 Å². The summed E-state index contributed by atoms with van der Waals surface area (Å²) in [5, 5.41) is 20.9. The van der Waals surface area contributed by atoms with Gasteiger partial charge in [0.15, 0.2) is 6.61 Å². The molecule has 0 fully saturated rings. The van der Waals surface area contributed by atoms with Crippen LogP contribution in [-0.2, 0) is 26.0 Å². The van der Waals surface area contributed by atoms with Gasteiger partial charge in [-0.25, -0.2) is 22.7 Å². The zero-order chi connectivity index (χ0) is 26.8. The molecule has 0 heterocycles. The van der Waals surface area contributed by atoms with Crippen molar-refractivity contribution in [3.63, 3.8) is 0 Å². The van der Waals surface area contributed by atoms with Crippen molar-refractivity contribution in [2.24, 2.45) is 0 Å². The van der Waals surface area contributed by atoms with Crippen LogP contribution in [0.3, 0.4) is 0 Å². The molecule has 0 saturated heterocycles. The van der Waals surface area contributed by atoms with Gasteiger partial charge in [0.1, 0.15) is 11.3 Å². The van der Waals surface area contributed by atoms with Crippen molar-refractivity contribution in [1.82, 2.24) is 10.0 Å². The maximum atomic E-state index is 12.9. The predicted molar refractivity (Wildman–Crippen MR) is 134 cm³/mol. The van der Waals surface area contributed by atoms with E-state index < -0.39 is 34.6 Å². The van der Waals surface area contributed by atoms with E-state index in [1.54, 1.807) is 54.6 Å². The first-order valence-corrected chi connectivity index (χ1v) is 12.7. The minimum absolute atomic E-state index is 0.00273. The number of aliphatic carboxylic acids is 1. The molecule has 1 atom stereocenters. The lowest BCUT2D eigenvalue weighted by molar-refractivity contribution is -0.139. The monoisotopic (exact) mass is 526 g/mol. The number of amides is 1. The summed E-state index contributed by atoms with van der Waals surface area (Å²) in [6, 6.07) is 20.3. The summed E-state index contributed by atoms with van der Waals surface area (Å²) in [4.78, 5) is 34.9. The number of nitrogens with one attached hydrogen (secondary N) is 2. The highest BCUT2D eigenvalue weighted by Crippen LogP contribution is 2.22. The summed E-state index contributed by atoms with van der Waals surface area (Å²) in [7, 11) is -3.84. The summed E-state index contributed by atoms with van der Waals surface area (Å²) in [5.41, 5.74) is 1.00. The molecule has 4 N–H and O–H groups in total. The third-order valence-corrected chi connectivity index (χ3v) is 6.81. The highest BCUT2D eigenvalue weighted by Gasteiger charge is 2.22. The first-order chi connectivity index (χ1) is 17.7. The summed E-state index contributed by atoms with van der Waals surface area (Å²) in [6.45, 7) is -0.685. The number of rotatable bonds is 13. The van der Waals surface area contributed by atoms with Gasteiger partial charge in [-0.15, -0.1) is 0 Å². The number of carboxylic acids is 2. The maximum absolute atomic E-state index is 12.9. The minimum Gasteiger partial charge on any atom is -0.481 e. The number of aryl methyl sites for hydroxylation is 1. The first kappa shape index (κ1) is 27.4. The standard InChI is InChI=1S/C26H26N2O8S/c29-24(14-12-18-11-13-23(36-17-25(30)31)21(15-18)26(32)33)27-16-22(19-7-3-1-4-8-19)28-37(34,35)20-9-5-2-6-10-20/h1-11,13,15,22,28H,12,14,16-17H2,(H,27,29)(H,30,31)(H,32,33)/t22-/m1/s1. The predicted octanol–water partition coefficient (Wildman–Crippen LogP) is 2.62. The zero-order valence-electron chi connectivity index (χ0n) is 19.7. The lowest BCUT2D eigenvalue weighted by Crippen LogP contribution is -2.38. The van der Waals surface area contributed by atoms with Crippen LogP contribution in [0.4, 0.5) is 0 Å². The smallest absolute Gasteiger partial charge is 0.341 e.